The summed E-state index contributed by atoms with van der Waals surface area (Å²) >= 11 is 3.56. The van der Waals surface area contributed by atoms with E-state index < -0.39 is 0 Å². The molecule has 1 fully saturated rings. The fourth-order valence-corrected chi connectivity index (χ4v) is 3.57. The van der Waals surface area contributed by atoms with Gasteiger partial charge >= 0.3 is 0 Å². The minimum atomic E-state index is 0.311. The normalized spacial score (nSPS) is 19.4. The lowest BCUT2D eigenvalue weighted by Crippen LogP contribution is -2.45. The Balaban J connectivity index is 2.04. The molecule has 1 aliphatic heterocycles. The van der Waals surface area contributed by atoms with Crippen molar-refractivity contribution in [2.45, 2.75) is 31.8 Å². The van der Waals surface area contributed by atoms with Crippen molar-refractivity contribution in [1.29, 1.82) is 0 Å². The van der Waals surface area contributed by atoms with E-state index in [-0.39, 0.29) is 0 Å². The number of hydrogen-bond donors (Lipinski definition) is 1. The third-order valence-corrected chi connectivity index (χ3v) is 5.02. The molecule has 1 atom stereocenters. The molecule has 1 aromatic rings. The van der Waals surface area contributed by atoms with Crippen LogP contribution >= 0.6 is 15.9 Å². The van der Waals surface area contributed by atoms with Gasteiger partial charge in [0.25, 0.3) is 0 Å². The number of piperidine rings is 1. The molecule has 1 heterocycles. The first-order chi connectivity index (χ1) is 9.65. The Morgan fingerprint density at radius 3 is 2.65 bits per heavy atom. The van der Waals surface area contributed by atoms with E-state index in [9.17, 15) is 0 Å². The lowest BCUT2D eigenvalue weighted by atomic mass is 9.98. The Kier molecular flexibility index (Phi) is 6.02. The molecular weight excluding hydrogens is 314 g/mol. The largest absolute Gasteiger partial charge is 0.329 e. The van der Waals surface area contributed by atoms with Gasteiger partial charge in [-0.1, -0.05) is 35.0 Å². The van der Waals surface area contributed by atoms with Crippen LogP contribution in [0.25, 0.3) is 0 Å². The van der Waals surface area contributed by atoms with Crippen molar-refractivity contribution < 1.29 is 0 Å². The van der Waals surface area contributed by atoms with Gasteiger partial charge in [0, 0.05) is 23.1 Å². The third-order valence-electron chi connectivity index (χ3n) is 4.53. The Morgan fingerprint density at radius 2 is 2.10 bits per heavy atom. The van der Waals surface area contributed by atoms with Gasteiger partial charge < -0.3 is 10.6 Å². The number of rotatable bonds is 5. The molecule has 1 aromatic carbocycles. The number of halogens is 1. The minimum absolute atomic E-state index is 0.311. The number of likely N-dealkylation sites (tertiary alicyclic amines) is 1. The first-order valence-corrected chi connectivity index (χ1v) is 8.34. The number of hydrogen-bond acceptors (Lipinski definition) is 3. The van der Waals surface area contributed by atoms with Crippen LogP contribution in [0.5, 0.6) is 0 Å². The summed E-state index contributed by atoms with van der Waals surface area (Å²) in [6, 6.07) is 9.48. The predicted molar refractivity (Wildman–Crippen MR) is 88.8 cm³/mol. The Hall–Kier alpha value is -0.420. The summed E-state index contributed by atoms with van der Waals surface area (Å²) in [5.41, 5.74) is 7.36. The Bertz CT molecular complexity index is 416. The highest BCUT2D eigenvalue weighted by Gasteiger charge is 2.26. The van der Waals surface area contributed by atoms with Crippen molar-refractivity contribution in [1.82, 2.24) is 9.80 Å². The van der Waals surface area contributed by atoms with Crippen molar-refractivity contribution in [3.63, 3.8) is 0 Å². The summed E-state index contributed by atoms with van der Waals surface area (Å²) in [5, 5.41) is 0. The quantitative estimate of drug-likeness (QED) is 0.895. The summed E-state index contributed by atoms with van der Waals surface area (Å²) in [7, 11) is 2.23. The van der Waals surface area contributed by atoms with Crippen LogP contribution in [-0.2, 0) is 0 Å². The molecule has 20 heavy (non-hydrogen) atoms. The van der Waals surface area contributed by atoms with E-state index in [1.807, 2.05) is 0 Å². The van der Waals surface area contributed by atoms with E-state index in [1.165, 1.54) is 38.0 Å². The highest BCUT2D eigenvalue weighted by atomic mass is 79.9. The maximum Gasteiger partial charge on any atom is 0.0470 e. The van der Waals surface area contributed by atoms with E-state index >= 15 is 0 Å². The number of likely N-dealkylation sites (N-methyl/N-ethyl adjacent to an activating group) is 1. The topological polar surface area (TPSA) is 32.5 Å². The van der Waals surface area contributed by atoms with Crippen LogP contribution < -0.4 is 5.73 Å². The van der Waals surface area contributed by atoms with Crippen LogP contribution in [0.2, 0.25) is 0 Å². The van der Waals surface area contributed by atoms with E-state index in [4.69, 9.17) is 5.73 Å². The molecule has 1 aliphatic rings. The first kappa shape index (κ1) is 16.0. The van der Waals surface area contributed by atoms with Crippen molar-refractivity contribution in [2.75, 3.05) is 33.2 Å². The molecule has 4 heteroatoms. The van der Waals surface area contributed by atoms with E-state index in [2.05, 4.69) is 64.0 Å². The second-order valence-electron chi connectivity index (χ2n) is 5.64. The summed E-state index contributed by atoms with van der Waals surface area (Å²) in [5.74, 6) is 0. The smallest absolute Gasteiger partial charge is 0.0470 e. The number of nitrogens with two attached hydrogens (primary N) is 1. The highest BCUT2D eigenvalue weighted by Crippen LogP contribution is 2.26. The highest BCUT2D eigenvalue weighted by molar-refractivity contribution is 9.10. The second kappa shape index (κ2) is 7.55. The van der Waals surface area contributed by atoms with Gasteiger partial charge in [0.15, 0.2) is 0 Å². The molecule has 112 valence electrons. The molecule has 0 amide bonds. The van der Waals surface area contributed by atoms with Gasteiger partial charge in [-0.05, 0) is 57.2 Å². The zero-order valence-corrected chi connectivity index (χ0v) is 14.1. The fourth-order valence-electron chi connectivity index (χ4n) is 3.15. The molecular formula is C16H26BrN3. The van der Waals surface area contributed by atoms with Gasteiger partial charge in [0.2, 0.25) is 0 Å². The van der Waals surface area contributed by atoms with E-state index in [0.29, 0.717) is 18.6 Å². The molecule has 2 N–H and O–H groups in total. The molecule has 0 saturated carbocycles. The van der Waals surface area contributed by atoms with E-state index in [1.54, 1.807) is 0 Å². The van der Waals surface area contributed by atoms with Crippen LogP contribution in [-0.4, -0.2) is 49.1 Å². The monoisotopic (exact) mass is 339 g/mol. The standard InChI is InChI=1S/C16H26BrN3/c1-3-20-9-7-15(8-10-20)19(2)16(12-18)13-5-4-6-14(17)11-13/h4-6,11,15-16H,3,7-10,12,18H2,1-2H3. The van der Waals surface area contributed by atoms with Gasteiger partial charge in [-0.3, -0.25) is 4.90 Å². The molecule has 0 radical (unpaired) electrons. The van der Waals surface area contributed by atoms with Gasteiger partial charge in [0.05, 0.1) is 0 Å². The molecule has 0 aliphatic carbocycles. The SMILES string of the molecule is CCN1CCC(N(C)C(CN)c2cccc(Br)c2)CC1. The lowest BCUT2D eigenvalue weighted by molar-refractivity contribution is 0.101. The molecule has 1 saturated heterocycles. The summed E-state index contributed by atoms with van der Waals surface area (Å²) < 4.78 is 1.13. The zero-order valence-electron chi connectivity index (χ0n) is 12.6. The van der Waals surface area contributed by atoms with Crippen LogP contribution in [0.1, 0.15) is 31.4 Å². The van der Waals surface area contributed by atoms with Gasteiger partial charge in [-0.2, -0.15) is 0 Å². The van der Waals surface area contributed by atoms with Crippen molar-refractivity contribution in [2.24, 2.45) is 5.73 Å². The van der Waals surface area contributed by atoms with Crippen LogP contribution in [0.4, 0.5) is 0 Å². The zero-order chi connectivity index (χ0) is 14.5. The molecule has 1 unspecified atom stereocenters. The summed E-state index contributed by atoms with van der Waals surface area (Å²) in [4.78, 5) is 5.01. The van der Waals surface area contributed by atoms with Crippen LogP contribution in [0, 0.1) is 0 Å². The molecule has 0 aromatic heterocycles. The lowest BCUT2D eigenvalue weighted by Gasteiger charge is -2.40. The van der Waals surface area contributed by atoms with Crippen molar-refractivity contribution >= 4 is 15.9 Å². The average Bonchev–Trinajstić information content (AvgIpc) is 2.48. The molecule has 0 bridgehead atoms. The molecule has 3 nitrogen and oxygen atoms in total. The summed E-state index contributed by atoms with van der Waals surface area (Å²) in [6.45, 7) is 6.50. The second-order valence-corrected chi connectivity index (χ2v) is 6.55. The Morgan fingerprint density at radius 1 is 1.40 bits per heavy atom. The van der Waals surface area contributed by atoms with Crippen molar-refractivity contribution in [3.05, 3.63) is 34.3 Å². The van der Waals surface area contributed by atoms with Crippen molar-refractivity contribution in [3.8, 4) is 0 Å². The van der Waals surface area contributed by atoms with E-state index in [0.717, 1.165) is 4.47 Å². The minimum Gasteiger partial charge on any atom is -0.329 e. The van der Waals surface area contributed by atoms with Crippen LogP contribution in [0.15, 0.2) is 28.7 Å². The first-order valence-electron chi connectivity index (χ1n) is 7.55. The molecule has 2 rings (SSSR count). The Labute approximate surface area is 131 Å². The van der Waals surface area contributed by atoms with Crippen LogP contribution in [0.3, 0.4) is 0 Å². The third kappa shape index (κ3) is 3.82. The molecule has 0 spiro atoms. The van der Waals surface area contributed by atoms with Gasteiger partial charge in [0.1, 0.15) is 0 Å². The summed E-state index contributed by atoms with van der Waals surface area (Å²) in [6.07, 6.45) is 2.49. The number of nitrogens with zero attached hydrogens (tertiary/aromatic N) is 2. The van der Waals surface area contributed by atoms with Gasteiger partial charge in [-0.25, -0.2) is 0 Å². The average molecular weight is 340 g/mol. The predicted octanol–water partition coefficient (Wildman–Crippen LogP) is 2.87. The maximum absolute atomic E-state index is 6.05. The fraction of sp³-hybridized carbons (Fsp3) is 0.625. The number of benzene rings is 1. The van der Waals surface area contributed by atoms with Gasteiger partial charge in [-0.15, -0.1) is 0 Å². The maximum atomic E-state index is 6.05.